The average Bonchev–Trinajstić information content (AvgIpc) is 3.62. The third-order valence-corrected chi connectivity index (χ3v) is 6.31. The predicted octanol–water partition coefficient (Wildman–Crippen LogP) is 4.17. The number of piperidine rings is 1. The summed E-state index contributed by atoms with van der Waals surface area (Å²) in [5, 5.41) is 14.2. The van der Waals surface area contributed by atoms with Crippen molar-refractivity contribution in [2.45, 2.75) is 50.1 Å². The highest BCUT2D eigenvalue weighted by atomic mass is 19.4. The van der Waals surface area contributed by atoms with Crippen molar-refractivity contribution in [3.05, 3.63) is 35.6 Å². The number of halogens is 7. The summed E-state index contributed by atoms with van der Waals surface area (Å²) >= 11 is 0. The van der Waals surface area contributed by atoms with Crippen LogP contribution in [-0.4, -0.2) is 89.2 Å². The molecule has 210 valence electrons. The lowest BCUT2D eigenvalue weighted by molar-refractivity contribution is -0.193. The molecule has 2 aliphatic heterocycles. The number of benzene rings is 1. The van der Waals surface area contributed by atoms with Gasteiger partial charge in [0.25, 0.3) is 0 Å². The Kier molecular flexibility index (Phi) is 10.7. The Morgan fingerprint density at radius 2 is 1.41 bits per heavy atom. The highest BCUT2D eigenvalue weighted by molar-refractivity contribution is 5.73. The van der Waals surface area contributed by atoms with Crippen LogP contribution in [0.5, 0.6) is 0 Å². The lowest BCUT2D eigenvalue weighted by Gasteiger charge is -2.51. The van der Waals surface area contributed by atoms with Crippen molar-refractivity contribution < 1.29 is 55.3 Å². The number of alkyl halides is 6. The molecule has 0 radical (unpaired) electrons. The molecule has 2 heterocycles. The fourth-order valence-electron chi connectivity index (χ4n) is 4.10. The van der Waals surface area contributed by atoms with Crippen LogP contribution < -0.4 is 0 Å². The zero-order valence-corrected chi connectivity index (χ0v) is 19.8. The van der Waals surface area contributed by atoms with Gasteiger partial charge in [-0.1, -0.05) is 12.1 Å². The van der Waals surface area contributed by atoms with E-state index in [4.69, 9.17) is 24.5 Å². The van der Waals surface area contributed by atoms with Crippen molar-refractivity contribution in [3.8, 4) is 0 Å². The molecule has 1 spiro atoms. The van der Waals surface area contributed by atoms with Crippen LogP contribution in [0.25, 0.3) is 0 Å². The van der Waals surface area contributed by atoms with Gasteiger partial charge in [-0.3, -0.25) is 9.80 Å². The van der Waals surface area contributed by atoms with E-state index in [-0.39, 0.29) is 11.4 Å². The second-order valence-corrected chi connectivity index (χ2v) is 9.17. The van der Waals surface area contributed by atoms with Crippen molar-refractivity contribution in [3.63, 3.8) is 0 Å². The molecule has 0 amide bonds. The topological polar surface area (TPSA) is 90.3 Å². The summed E-state index contributed by atoms with van der Waals surface area (Å²) in [6, 6.07) is 6.94. The lowest BCUT2D eigenvalue weighted by atomic mass is 9.85. The Labute approximate surface area is 208 Å². The summed E-state index contributed by atoms with van der Waals surface area (Å²) in [6.07, 6.45) is -4.93. The normalized spacial score (nSPS) is 20.3. The van der Waals surface area contributed by atoms with Crippen LogP contribution in [-0.2, 0) is 20.9 Å². The molecule has 37 heavy (non-hydrogen) atoms. The molecule has 2 saturated heterocycles. The van der Waals surface area contributed by atoms with Crippen molar-refractivity contribution >= 4 is 11.9 Å². The minimum Gasteiger partial charge on any atom is -0.475 e. The Morgan fingerprint density at radius 3 is 1.84 bits per heavy atom. The molecule has 1 aliphatic carbocycles. The Balaban J connectivity index is 0.000000286. The quantitative estimate of drug-likeness (QED) is 0.548. The molecule has 14 heteroatoms. The van der Waals surface area contributed by atoms with Crippen LogP contribution in [0, 0.1) is 11.7 Å². The molecule has 3 aliphatic rings. The number of rotatable bonds is 4. The van der Waals surface area contributed by atoms with Crippen molar-refractivity contribution in [1.29, 1.82) is 0 Å². The number of aliphatic carboxylic acids is 2. The number of carboxylic acid groups (broad SMARTS) is 2. The molecule has 1 aromatic carbocycles. The predicted molar refractivity (Wildman–Crippen MR) is 116 cm³/mol. The summed E-state index contributed by atoms with van der Waals surface area (Å²) in [7, 11) is 0. The van der Waals surface area contributed by atoms with E-state index < -0.39 is 24.3 Å². The number of carboxylic acids is 2. The van der Waals surface area contributed by atoms with Gasteiger partial charge in [-0.25, -0.2) is 14.0 Å². The first-order chi connectivity index (χ1) is 17.1. The minimum atomic E-state index is -5.08. The first-order valence-corrected chi connectivity index (χ1v) is 11.5. The smallest absolute Gasteiger partial charge is 0.475 e. The summed E-state index contributed by atoms with van der Waals surface area (Å²) in [5.74, 6) is -4.72. The number of likely N-dealkylation sites (tertiary alicyclic amines) is 1. The van der Waals surface area contributed by atoms with Gasteiger partial charge in [0.15, 0.2) is 0 Å². The van der Waals surface area contributed by atoms with Crippen LogP contribution in [0.1, 0.15) is 31.2 Å². The molecule has 0 atom stereocenters. The average molecular weight is 546 g/mol. The third kappa shape index (κ3) is 10.4. The van der Waals surface area contributed by atoms with Gasteiger partial charge in [0.2, 0.25) is 0 Å². The fourth-order valence-corrected chi connectivity index (χ4v) is 4.10. The molecule has 3 fully saturated rings. The Morgan fingerprint density at radius 1 is 0.919 bits per heavy atom. The molecular formula is C23H29F7N2O5. The van der Waals surface area contributed by atoms with E-state index in [1.165, 1.54) is 37.8 Å². The number of hydrogen-bond donors (Lipinski definition) is 2. The molecule has 2 N–H and O–H groups in total. The maximum Gasteiger partial charge on any atom is 0.490 e. The Hall–Kier alpha value is -2.45. The number of nitrogens with zero attached hydrogens (tertiary/aromatic N) is 2. The van der Waals surface area contributed by atoms with Gasteiger partial charge >= 0.3 is 24.3 Å². The minimum absolute atomic E-state index is 0.151. The van der Waals surface area contributed by atoms with Gasteiger partial charge in [-0.05, 0) is 49.3 Å². The van der Waals surface area contributed by atoms with Gasteiger partial charge in [-0.2, -0.15) is 26.3 Å². The molecule has 0 bridgehead atoms. The monoisotopic (exact) mass is 546 g/mol. The van der Waals surface area contributed by atoms with Crippen LogP contribution in [0.3, 0.4) is 0 Å². The van der Waals surface area contributed by atoms with Crippen molar-refractivity contribution in [2.75, 3.05) is 39.4 Å². The summed E-state index contributed by atoms with van der Waals surface area (Å²) < 4.78 is 82.4. The van der Waals surface area contributed by atoms with E-state index in [9.17, 15) is 30.7 Å². The molecule has 0 unspecified atom stereocenters. The van der Waals surface area contributed by atoms with Crippen LogP contribution in [0.4, 0.5) is 30.7 Å². The summed E-state index contributed by atoms with van der Waals surface area (Å²) in [5.41, 5.74) is 1.48. The molecule has 1 saturated carbocycles. The maximum atomic E-state index is 13.0. The van der Waals surface area contributed by atoms with Crippen LogP contribution in [0.2, 0.25) is 0 Å². The number of hydrogen-bond acceptors (Lipinski definition) is 5. The molecular weight excluding hydrogens is 517 g/mol. The molecule has 0 aromatic heterocycles. The van der Waals surface area contributed by atoms with Gasteiger partial charge in [0, 0.05) is 38.3 Å². The largest absolute Gasteiger partial charge is 0.490 e. The first-order valence-electron chi connectivity index (χ1n) is 11.5. The first kappa shape index (κ1) is 30.8. The van der Waals surface area contributed by atoms with Gasteiger partial charge in [0.05, 0.1) is 13.2 Å². The lowest BCUT2D eigenvalue weighted by Crippen LogP contribution is -2.61. The van der Waals surface area contributed by atoms with Crippen LogP contribution >= 0.6 is 0 Å². The standard InChI is InChI=1S/C19H27FN2O.2C2HF3O2/c20-18-5-3-16(4-6-18)13-21-9-7-19(8-10-21)15-23-12-11-22(19)14-17-1-2-17;2*3-2(4,5)1(6)7/h3-6,17H,1-2,7-15H2;2*(H,6,7). The summed E-state index contributed by atoms with van der Waals surface area (Å²) in [4.78, 5) is 23.0. The van der Waals surface area contributed by atoms with E-state index in [1.54, 1.807) is 12.1 Å². The van der Waals surface area contributed by atoms with E-state index in [1.807, 2.05) is 12.1 Å². The van der Waals surface area contributed by atoms with Crippen LogP contribution in [0.15, 0.2) is 24.3 Å². The van der Waals surface area contributed by atoms with E-state index in [0.29, 0.717) is 0 Å². The molecule has 7 nitrogen and oxygen atoms in total. The molecule has 4 rings (SSSR count). The molecule has 1 aromatic rings. The highest BCUT2D eigenvalue weighted by Crippen LogP contribution is 2.37. The van der Waals surface area contributed by atoms with Gasteiger partial charge in [0.1, 0.15) is 5.82 Å². The second kappa shape index (κ2) is 12.9. The van der Waals surface area contributed by atoms with Crippen molar-refractivity contribution in [2.24, 2.45) is 5.92 Å². The van der Waals surface area contributed by atoms with Crippen molar-refractivity contribution in [1.82, 2.24) is 9.80 Å². The van der Waals surface area contributed by atoms with E-state index in [0.717, 1.165) is 45.3 Å². The van der Waals surface area contributed by atoms with Gasteiger partial charge < -0.3 is 14.9 Å². The van der Waals surface area contributed by atoms with E-state index in [2.05, 4.69) is 9.80 Å². The number of carbonyl (C=O) groups is 2. The van der Waals surface area contributed by atoms with E-state index >= 15 is 0 Å². The summed E-state index contributed by atoms with van der Waals surface area (Å²) in [6.45, 7) is 7.34. The SMILES string of the molecule is Fc1ccc(CN2CCC3(CC2)COCCN3CC2CC2)cc1.O=C(O)C(F)(F)F.O=C(O)C(F)(F)F. The number of ether oxygens (including phenoxy) is 1. The zero-order valence-electron chi connectivity index (χ0n) is 19.8. The van der Waals surface area contributed by atoms with Gasteiger partial charge in [-0.15, -0.1) is 0 Å². The fraction of sp³-hybridized carbons (Fsp3) is 0.652. The highest BCUT2D eigenvalue weighted by Gasteiger charge is 2.44. The second-order valence-electron chi connectivity index (χ2n) is 9.17. The Bertz CT molecular complexity index is 857. The zero-order chi connectivity index (χ0) is 27.9. The third-order valence-electron chi connectivity index (χ3n) is 6.31. The maximum absolute atomic E-state index is 13.0. The number of morpholine rings is 1.